The first-order valence-corrected chi connectivity index (χ1v) is 9.92. The molecule has 0 aliphatic carbocycles. The summed E-state index contributed by atoms with van der Waals surface area (Å²) in [6.07, 6.45) is 1.05. The monoisotopic (exact) mass is 389 g/mol. The summed E-state index contributed by atoms with van der Waals surface area (Å²) in [5.74, 6) is 0.570. The molecular weight excluding hydrogens is 369 g/mol. The highest BCUT2D eigenvalue weighted by molar-refractivity contribution is 7.49. The number of para-hydroxylation sites is 2. The molecule has 1 aliphatic rings. The Kier molecular flexibility index (Phi) is 5.72. The minimum absolute atomic E-state index is 0.0588. The van der Waals surface area contributed by atoms with Crippen LogP contribution in [0.4, 0.5) is 4.79 Å². The molecule has 8 heteroatoms. The molecule has 0 bridgehead atoms. The summed E-state index contributed by atoms with van der Waals surface area (Å²) in [7, 11) is -4.21. The topological polar surface area (TPSA) is 85.3 Å². The van der Waals surface area contributed by atoms with Gasteiger partial charge in [-0.25, -0.2) is 9.69 Å². The largest absolute Gasteiger partial charge is 0.648 e. The van der Waals surface area contributed by atoms with Crippen LogP contribution in [-0.4, -0.2) is 22.6 Å². The van der Waals surface area contributed by atoms with Crippen molar-refractivity contribution in [3.8, 4) is 11.5 Å². The van der Waals surface area contributed by atoms with Crippen molar-refractivity contribution in [2.75, 3.05) is 6.54 Å². The Labute approximate surface area is 157 Å². The Morgan fingerprint density at radius 1 is 1.00 bits per heavy atom. The van der Waals surface area contributed by atoms with Gasteiger partial charge in [0, 0.05) is 6.54 Å². The van der Waals surface area contributed by atoms with Crippen LogP contribution in [0.2, 0.25) is 0 Å². The Morgan fingerprint density at radius 3 is 2.00 bits per heavy atom. The van der Waals surface area contributed by atoms with Gasteiger partial charge in [-0.2, -0.15) is 4.57 Å². The maximum atomic E-state index is 13.4. The first kappa shape index (κ1) is 18.9. The van der Waals surface area contributed by atoms with Crippen LogP contribution in [0.25, 0.3) is 0 Å². The van der Waals surface area contributed by atoms with Gasteiger partial charge in [0.1, 0.15) is 11.5 Å². The SMILES string of the molecule is CC1C=C(OP(=O)(Oc2ccccc2)Oc2ccccc2)N(C(=O)O)CC1. The lowest BCUT2D eigenvalue weighted by molar-refractivity contribution is 0.119. The summed E-state index contributed by atoms with van der Waals surface area (Å²) in [6, 6.07) is 16.9. The number of hydrogen-bond acceptors (Lipinski definition) is 5. The third-order valence-electron chi connectivity index (χ3n) is 3.86. The standard InChI is InChI=1S/C19H20NO6P/c1-15-12-13-20(19(21)22)18(14-15)26-27(23,24-16-8-4-2-5-9-16)25-17-10-6-3-7-11-17/h2-11,14-15H,12-13H2,1H3,(H,21,22). The Morgan fingerprint density at radius 2 is 1.52 bits per heavy atom. The molecule has 1 heterocycles. The first-order valence-electron chi connectivity index (χ1n) is 8.46. The maximum Gasteiger partial charge on any atom is 0.648 e. The van der Waals surface area contributed by atoms with Crippen LogP contribution in [0.1, 0.15) is 13.3 Å². The van der Waals surface area contributed by atoms with Crippen LogP contribution in [0.5, 0.6) is 11.5 Å². The third kappa shape index (κ3) is 5.05. The summed E-state index contributed by atoms with van der Waals surface area (Å²) in [4.78, 5) is 12.5. The molecule has 0 aromatic heterocycles. The van der Waals surface area contributed by atoms with Crippen molar-refractivity contribution in [2.45, 2.75) is 13.3 Å². The molecule has 0 radical (unpaired) electrons. The molecule has 0 fully saturated rings. The number of rotatable bonds is 6. The molecule has 7 nitrogen and oxygen atoms in total. The number of carbonyl (C=O) groups is 1. The molecule has 1 amide bonds. The van der Waals surface area contributed by atoms with E-state index < -0.39 is 13.9 Å². The molecule has 27 heavy (non-hydrogen) atoms. The number of benzene rings is 2. The summed E-state index contributed by atoms with van der Waals surface area (Å²) < 4.78 is 30.0. The second kappa shape index (κ2) is 8.18. The molecule has 3 rings (SSSR count). The van der Waals surface area contributed by atoms with E-state index in [1.54, 1.807) is 66.7 Å². The fourth-order valence-electron chi connectivity index (χ4n) is 2.52. The highest BCUT2D eigenvalue weighted by Gasteiger charge is 2.38. The van der Waals surface area contributed by atoms with Crippen LogP contribution < -0.4 is 9.05 Å². The van der Waals surface area contributed by atoms with Gasteiger partial charge >= 0.3 is 13.9 Å². The van der Waals surface area contributed by atoms with Crippen LogP contribution in [0, 0.1) is 5.92 Å². The second-order valence-corrected chi connectivity index (χ2v) is 7.49. The lowest BCUT2D eigenvalue weighted by Gasteiger charge is -2.30. The minimum atomic E-state index is -4.21. The molecule has 1 unspecified atom stereocenters. The van der Waals surface area contributed by atoms with Crippen molar-refractivity contribution in [2.24, 2.45) is 5.92 Å². The molecule has 1 N–H and O–H groups in total. The van der Waals surface area contributed by atoms with E-state index >= 15 is 0 Å². The Balaban J connectivity index is 1.91. The van der Waals surface area contributed by atoms with E-state index in [1.165, 1.54) is 0 Å². The van der Waals surface area contributed by atoms with Crippen molar-refractivity contribution in [3.05, 3.63) is 72.6 Å². The predicted molar refractivity (Wildman–Crippen MR) is 99.4 cm³/mol. The number of allylic oxidation sites excluding steroid dienone is 1. The first-order chi connectivity index (χ1) is 13.0. The van der Waals surface area contributed by atoms with Crippen LogP contribution in [0.3, 0.4) is 0 Å². The van der Waals surface area contributed by atoms with Gasteiger partial charge in [0.25, 0.3) is 0 Å². The molecule has 1 aliphatic heterocycles. The van der Waals surface area contributed by atoms with E-state index in [-0.39, 0.29) is 29.8 Å². The molecular formula is C19H20NO6P. The summed E-state index contributed by atoms with van der Waals surface area (Å²) in [5, 5.41) is 9.40. The zero-order valence-electron chi connectivity index (χ0n) is 14.7. The van der Waals surface area contributed by atoms with Crippen LogP contribution in [0.15, 0.2) is 72.6 Å². The van der Waals surface area contributed by atoms with E-state index in [0.717, 1.165) is 4.90 Å². The van der Waals surface area contributed by atoms with E-state index in [9.17, 15) is 14.5 Å². The summed E-state index contributed by atoms with van der Waals surface area (Å²) >= 11 is 0. The van der Waals surface area contributed by atoms with Crippen molar-refractivity contribution < 1.29 is 28.0 Å². The van der Waals surface area contributed by atoms with E-state index in [4.69, 9.17) is 13.6 Å². The quantitative estimate of drug-likeness (QED) is 0.690. The minimum Gasteiger partial charge on any atom is -0.465 e. The normalized spacial score (nSPS) is 17.0. The lowest BCUT2D eigenvalue weighted by atomic mass is 10.1. The number of phosphoric ester groups is 1. The lowest BCUT2D eigenvalue weighted by Crippen LogP contribution is -2.35. The number of amides is 1. The Bertz CT molecular complexity index is 810. The van der Waals surface area contributed by atoms with Crippen molar-refractivity contribution >= 4 is 13.9 Å². The third-order valence-corrected chi connectivity index (χ3v) is 5.14. The molecule has 2 aromatic carbocycles. The number of carboxylic acid groups (broad SMARTS) is 1. The van der Waals surface area contributed by atoms with Gasteiger partial charge < -0.3 is 18.7 Å². The molecule has 142 valence electrons. The van der Waals surface area contributed by atoms with Gasteiger partial charge in [-0.3, -0.25) is 0 Å². The molecule has 0 spiro atoms. The summed E-state index contributed by atoms with van der Waals surface area (Å²) in [6.45, 7) is 2.16. The predicted octanol–water partition coefficient (Wildman–Crippen LogP) is 5.13. The summed E-state index contributed by atoms with van der Waals surface area (Å²) in [5.41, 5.74) is 0. The fourth-order valence-corrected chi connectivity index (χ4v) is 3.78. The smallest absolute Gasteiger partial charge is 0.465 e. The average molecular weight is 389 g/mol. The van der Waals surface area contributed by atoms with E-state index in [2.05, 4.69) is 0 Å². The van der Waals surface area contributed by atoms with Gasteiger partial charge in [-0.1, -0.05) is 43.3 Å². The number of hydrogen-bond donors (Lipinski definition) is 1. The highest BCUT2D eigenvalue weighted by atomic mass is 31.2. The van der Waals surface area contributed by atoms with E-state index in [0.29, 0.717) is 6.42 Å². The van der Waals surface area contributed by atoms with Crippen molar-refractivity contribution in [1.29, 1.82) is 0 Å². The molecule has 2 aromatic rings. The zero-order valence-corrected chi connectivity index (χ0v) is 15.6. The van der Waals surface area contributed by atoms with Gasteiger partial charge in [0.05, 0.1) is 0 Å². The van der Waals surface area contributed by atoms with Crippen LogP contribution >= 0.6 is 7.82 Å². The second-order valence-electron chi connectivity index (χ2n) is 6.05. The van der Waals surface area contributed by atoms with Crippen LogP contribution in [-0.2, 0) is 9.09 Å². The number of nitrogens with zero attached hydrogens (tertiary/aromatic N) is 1. The zero-order chi connectivity index (χ0) is 19.3. The van der Waals surface area contributed by atoms with E-state index in [1.807, 2.05) is 6.92 Å². The van der Waals surface area contributed by atoms with Gasteiger partial charge in [0.15, 0.2) is 0 Å². The number of phosphoric acid groups is 1. The maximum absolute atomic E-state index is 13.4. The molecule has 0 saturated carbocycles. The average Bonchev–Trinajstić information content (AvgIpc) is 2.62. The van der Waals surface area contributed by atoms with Gasteiger partial charge in [-0.15, -0.1) is 0 Å². The molecule has 1 atom stereocenters. The molecule has 0 saturated heterocycles. The highest BCUT2D eigenvalue weighted by Crippen LogP contribution is 2.52. The Hall–Kier alpha value is -2.92. The fraction of sp³-hybridized carbons (Fsp3) is 0.211. The van der Waals surface area contributed by atoms with Crippen molar-refractivity contribution in [1.82, 2.24) is 4.90 Å². The van der Waals surface area contributed by atoms with Crippen molar-refractivity contribution in [3.63, 3.8) is 0 Å². The van der Waals surface area contributed by atoms with Gasteiger partial charge in [0.2, 0.25) is 5.88 Å². The van der Waals surface area contributed by atoms with Gasteiger partial charge in [-0.05, 0) is 42.7 Å².